The molecule has 8 nitrogen and oxygen atoms in total. The van der Waals surface area contributed by atoms with E-state index in [1.165, 1.54) is 11.8 Å². The Balaban J connectivity index is 1.56. The van der Waals surface area contributed by atoms with Gasteiger partial charge in [-0.15, -0.1) is 10.2 Å². The van der Waals surface area contributed by atoms with Gasteiger partial charge in [-0.25, -0.2) is 0 Å². The van der Waals surface area contributed by atoms with Crippen molar-refractivity contribution in [2.75, 3.05) is 16.0 Å². The molecule has 3 heterocycles. The molecular weight excluding hydrogens is 414 g/mol. The zero-order valence-electron chi connectivity index (χ0n) is 17.7. The van der Waals surface area contributed by atoms with Crippen molar-refractivity contribution in [2.24, 2.45) is 0 Å². The molecule has 31 heavy (non-hydrogen) atoms. The molecule has 9 heteroatoms. The smallest absolute Gasteiger partial charge is 0.237 e. The molecular formula is C22H25N5O3S. The number of nitrogens with zero attached hydrogens (tertiary/aromatic N) is 4. The molecule has 0 bridgehead atoms. The van der Waals surface area contributed by atoms with Crippen LogP contribution >= 0.6 is 11.8 Å². The van der Waals surface area contributed by atoms with Crippen LogP contribution < -0.4 is 10.2 Å². The molecule has 0 aliphatic carbocycles. The quantitative estimate of drug-likeness (QED) is 0.586. The third kappa shape index (κ3) is 4.51. The van der Waals surface area contributed by atoms with Gasteiger partial charge in [0, 0.05) is 18.4 Å². The summed E-state index contributed by atoms with van der Waals surface area (Å²) < 4.78 is 7.49. The lowest BCUT2D eigenvalue weighted by atomic mass is 10.2. The number of amides is 2. The lowest BCUT2D eigenvalue weighted by Gasteiger charge is -2.27. The van der Waals surface area contributed by atoms with E-state index in [1.807, 2.05) is 47.9 Å². The molecule has 1 aromatic carbocycles. The zero-order chi connectivity index (χ0) is 22.0. The van der Waals surface area contributed by atoms with E-state index in [0.29, 0.717) is 23.1 Å². The minimum atomic E-state index is -0.246. The van der Waals surface area contributed by atoms with Crippen molar-refractivity contribution in [3.8, 4) is 0 Å². The van der Waals surface area contributed by atoms with Gasteiger partial charge in [-0.2, -0.15) is 0 Å². The number of carbonyl (C=O) groups excluding carboxylic acids is 2. The highest BCUT2D eigenvalue weighted by Crippen LogP contribution is 2.32. The molecule has 0 spiro atoms. The average Bonchev–Trinajstić information content (AvgIpc) is 3.35. The topological polar surface area (TPSA) is 93.3 Å². The standard InChI is InChI=1S/C22H25N5O3S/c1-14(2)21-24-25-22(26(21)12-16-7-6-10-30-16)31-13-20(29)27-15(3)11-19(28)23-17-8-4-5-9-18(17)27/h4-10,14-15H,11-13H2,1-3H3,(H,23,28)/t15-/m1/s1. The van der Waals surface area contributed by atoms with Crippen LogP contribution in [0, 0.1) is 0 Å². The fourth-order valence-electron chi connectivity index (χ4n) is 3.70. The Bertz CT molecular complexity index is 1080. The van der Waals surface area contributed by atoms with Gasteiger partial charge >= 0.3 is 0 Å². The third-order valence-corrected chi connectivity index (χ3v) is 6.06. The fraction of sp³-hybridized carbons (Fsp3) is 0.364. The van der Waals surface area contributed by atoms with Crippen LogP contribution in [0.25, 0.3) is 0 Å². The molecule has 2 aromatic heterocycles. The highest BCUT2D eigenvalue weighted by atomic mass is 32.2. The summed E-state index contributed by atoms with van der Waals surface area (Å²) in [7, 11) is 0. The van der Waals surface area contributed by atoms with Crippen molar-refractivity contribution in [3.63, 3.8) is 0 Å². The number of anilines is 2. The summed E-state index contributed by atoms with van der Waals surface area (Å²) in [5.74, 6) is 1.83. The van der Waals surface area contributed by atoms with Crippen molar-refractivity contribution >= 4 is 35.0 Å². The Labute approximate surface area is 185 Å². The summed E-state index contributed by atoms with van der Waals surface area (Å²) >= 11 is 1.34. The number of fused-ring (bicyclic) bond motifs is 1. The predicted octanol–water partition coefficient (Wildman–Crippen LogP) is 3.90. The maximum atomic E-state index is 13.3. The normalized spacial score (nSPS) is 16.2. The van der Waals surface area contributed by atoms with E-state index in [4.69, 9.17) is 4.42 Å². The van der Waals surface area contributed by atoms with Crippen LogP contribution in [0.3, 0.4) is 0 Å². The Morgan fingerprint density at radius 2 is 2.06 bits per heavy atom. The van der Waals surface area contributed by atoms with Gasteiger partial charge in [0.2, 0.25) is 11.8 Å². The first-order valence-electron chi connectivity index (χ1n) is 10.2. The number of furan rings is 1. The number of carbonyl (C=O) groups is 2. The molecule has 0 saturated carbocycles. The summed E-state index contributed by atoms with van der Waals surface area (Å²) in [4.78, 5) is 27.1. The average molecular weight is 440 g/mol. The second kappa shape index (κ2) is 8.97. The summed E-state index contributed by atoms with van der Waals surface area (Å²) in [6.07, 6.45) is 1.88. The lowest BCUT2D eigenvalue weighted by Crippen LogP contribution is -2.40. The zero-order valence-corrected chi connectivity index (χ0v) is 18.6. The molecule has 2 amide bonds. The Hall–Kier alpha value is -3.07. The van der Waals surface area contributed by atoms with Crippen molar-refractivity contribution in [2.45, 2.75) is 50.9 Å². The van der Waals surface area contributed by atoms with Gasteiger partial charge in [-0.1, -0.05) is 37.7 Å². The Morgan fingerprint density at radius 1 is 1.26 bits per heavy atom. The van der Waals surface area contributed by atoms with E-state index >= 15 is 0 Å². The maximum Gasteiger partial charge on any atom is 0.237 e. The predicted molar refractivity (Wildman–Crippen MR) is 119 cm³/mol. The van der Waals surface area contributed by atoms with Gasteiger partial charge < -0.3 is 14.6 Å². The summed E-state index contributed by atoms with van der Waals surface area (Å²) in [5.41, 5.74) is 1.37. The van der Waals surface area contributed by atoms with Crippen LogP contribution in [-0.4, -0.2) is 38.4 Å². The molecule has 162 valence electrons. The van der Waals surface area contributed by atoms with E-state index in [1.54, 1.807) is 11.2 Å². The van der Waals surface area contributed by atoms with Crippen molar-refractivity contribution in [1.82, 2.24) is 14.8 Å². The van der Waals surface area contributed by atoms with Gasteiger partial charge in [-0.3, -0.25) is 14.2 Å². The number of aromatic nitrogens is 3. The molecule has 1 atom stereocenters. The van der Waals surface area contributed by atoms with E-state index in [2.05, 4.69) is 29.4 Å². The Morgan fingerprint density at radius 3 is 2.81 bits per heavy atom. The molecule has 1 N–H and O–H groups in total. The van der Waals surface area contributed by atoms with E-state index in [-0.39, 0.29) is 35.9 Å². The second-order valence-corrected chi connectivity index (χ2v) is 8.77. The van der Waals surface area contributed by atoms with Crippen molar-refractivity contribution in [3.05, 3.63) is 54.2 Å². The maximum absolute atomic E-state index is 13.3. The highest BCUT2D eigenvalue weighted by molar-refractivity contribution is 7.99. The van der Waals surface area contributed by atoms with E-state index in [9.17, 15) is 9.59 Å². The SMILES string of the molecule is CC(C)c1nnc(SCC(=O)N2c3ccccc3NC(=O)C[C@H]2C)n1Cc1ccco1. The number of hydrogen-bond donors (Lipinski definition) is 1. The first kappa shape index (κ1) is 21.2. The van der Waals surface area contributed by atoms with Crippen LogP contribution in [-0.2, 0) is 16.1 Å². The van der Waals surface area contributed by atoms with Crippen LogP contribution in [0.1, 0.15) is 44.7 Å². The van der Waals surface area contributed by atoms with E-state index < -0.39 is 0 Å². The molecule has 0 saturated heterocycles. The molecule has 3 aromatic rings. The second-order valence-electron chi connectivity index (χ2n) is 7.83. The van der Waals surface area contributed by atoms with Crippen LogP contribution in [0.4, 0.5) is 11.4 Å². The fourth-order valence-corrected chi connectivity index (χ4v) is 4.51. The summed E-state index contributed by atoms with van der Waals surface area (Å²) in [6, 6.07) is 10.9. The van der Waals surface area contributed by atoms with Crippen molar-refractivity contribution < 1.29 is 14.0 Å². The number of para-hydroxylation sites is 2. The van der Waals surface area contributed by atoms with Crippen LogP contribution in [0.5, 0.6) is 0 Å². The van der Waals surface area contributed by atoms with Gasteiger partial charge in [-0.05, 0) is 31.2 Å². The van der Waals surface area contributed by atoms with Gasteiger partial charge in [0.25, 0.3) is 0 Å². The third-order valence-electron chi connectivity index (χ3n) is 5.11. The van der Waals surface area contributed by atoms with Crippen LogP contribution in [0.2, 0.25) is 0 Å². The highest BCUT2D eigenvalue weighted by Gasteiger charge is 2.30. The lowest BCUT2D eigenvalue weighted by molar-refractivity contribution is -0.117. The van der Waals surface area contributed by atoms with E-state index in [0.717, 1.165) is 11.6 Å². The molecule has 0 radical (unpaired) electrons. The molecule has 1 aliphatic rings. The number of hydrogen-bond acceptors (Lipinski definition) is 6. The summed E-state index contributed by atoms with van der Waals surface area (Å²) in [5, 5.41) is 12.2. The molecule has 1 aliphatic heterocycles. The van der Waals surface area contributed by atoms with Gasteiger partial charge in [0.05, 0.1) is 29.9 Å². The number of thioether (sulfide) groups is 1. The molecule has 4 rings (SSSR count). The monoisotopic (exact) mass is 439 g/mol. The van der Waals surface area contributed by atoms with Crippen molar-refractivity contribution in [1.29, 1.82) is 0 Å². The summed E-state index contributed by atoms with van der Waals surface area (Å²) in [6.45, 7) is 6.51. The minimum Gasteiger partial charge on any atom is -0.467 e. The minimum absolute atomic E-state index is 0.0832. The molecule has 0 unspecified atom stereocenters. The first-order valence-corrected chi connectivity index (χ1v) is 11.2. The van der Waals surface area contributed by atoms with Gasteiger partial charge in [0.15, 0.2) is 5.16 Å². The molecule has 0 fully saturated rings. The van der Waals surface area contributed by atoms with Crippen LogP contribution in [0.15, 0.2) is 52.2 Å². The Kier molecular flexibility index (Phi) is 6.13. The van der Waals surface area contributed by atoms with Gasteiger partial charge in [0.1, 0.15) is 11.6 Å². The number of benzene rings is 1. The largest absolute Gasteiger partial charge is 0.467 e. The first-order chi connectivity index (χ1) is 14.9. The number of nitrogens with one attached hydrogen (secondary N) is 1. The number of rotatable bonds is 6.